The van der Waals surface area contributed by atoms with Crippen LogP contribution >= 0.6 is 0 Å². The zero-order valence-corrected chi connectivity index (χ0v) is 17.2. The number of nitrogens with zero attached hydrogens (tertiary/aromatic N) is 3. The average molecular weight is 423 g/mol. The summed E-state index contributed by atoms with van der Waals surface area (Å²) in [6.45, 7) is 3.43. The highest BCUT2D eigenvalue weighted by Gasteiger charge is 2.31. The van der Waals surface area contributed by atoms with E-state index in [2.05, 4.69) is 0 Å². The molecule has 0 aromatic heterocycles. The predicted molar refractivity (Wildman–Crippen MR) is 105 cm³/mol. The van der Waals surface area contributed by atoms with E-state index in [1.165, 1.54) is 23.4 Å². The second-order valence-electron chi connectivity index (χ2n) is 7.41. The predicted octanol–water partition coefficient (Wildman–Crippen LogP) is -0.123. The lowest BCUT2D eigenvalue weighted by molar-refractivity contribution is -0.130. The van der Waals surface area contributed by atoms with E-state index in [1.54, 1.807) is 21.9 Å². The number of rotatable bonds is 4. The van der Waals surface area contributed by atoms with Crippen LogP contribution in [0.15, 0.2) is 29.2 Å². The fourth-order valence-corrected chi connectivity index (χ4v) is 5.20. The molecule has 0 atom stereocenters. The average Bonchev–Trinajstić information content (AvgIpc) is 2.73. The SMILES string of the molecule is CC(=O)N1CCN(S(=O)(=O)c2cccc(C(=O)N3CCC(C(N)=O)CC3)c2)CC1. The molecule has 158 valence electrons. The molecule has 1 aromatic rings. The van der Waals surface area contributed by atoms with Gasteiger partial charge in [-0.1, -0.05) is 6.07 Å². The summed E-state index contributed by atoms with van der Waals surface area (Å²) in [5.74, 6) is -0.907. The molecule has 2 aliphatic rings. The fourth-order valence-electron chi connectivity index (χ4n) is 3.73. The van der Waals surface area contributed by atoms with E-state index in [4.69, 9.17) is 5.73 Å². The van der Waals surface area contributed by atoms with Crippen LogP contribution in [0.4, 0.5) is 0 Å². The Kier molecular flexibility index (Phi) is 6.23. The second-order valence-corrected chi connectivity index (χ2v) is 9.34. The highest BCUT2D eigenvalue weighted by molar-refractivity contribution is 7.89. The van der Waals surface area contributed by atoms with Crippen LogP contribution < -0.4 is 5.73 Å². The summed E-state index contributed by atoms with van der Waals surface area (Å²) in [5, 5.41) is 0. The second kappa shape index (κ2) is 8.50. The molecule has 2 fully saturated rings. The molecule has 0 radical (unpaired) electrons. The fraction of sp³-hybridized carbons (Fsp3) is 0.526. The summed E-state index contributed by atoms with van der Waals surface area (Å²) in [5.41, 5.74) is 5.63. The Morgan fingerprint density at radius 3 is 2.14 bits per heavy atom. The van der Waals surface area contributed by atoms with Crippen molar-refractivity contribution >= 4 is 27.7 Å². The van der Waals surface area contributed by atoms with Gasteiger partial charge < -0.3 is 15.5 Å². The molecule has 0 aliphatic carbocycles. The molecule has 9 nitrogen and oxygen atoms in total. The third kappa shape index (κ3) is 4.59. The molecule has 0 spiro atoms. The third-order valence-electron chi connectivity index (χ3n) is 5.59. The van der Waals surface area contributed by atoms with Crippen LogP contribution in [-0.4, -0.2) is 79.5 Å². The van der Waals surface area contributed by atoms with Gasteiger partial charge in [0.25, 0.3) is 5.91 Å². The van der Waals surface area contributed by atoms with Crippen LogP contribution in [0.1, 0.15) is 30.1 Å². The van der Waals surface area contributed by atoms with Crippen LogP contribution in [0.2, 0.25) is 0 Å². The van der Waals surface area contributed by atoms with E-state index in [0.717, 1.165) is 0 Å². The van der Waals surface area contributed by atoms with Crippen molar-refractivity contribution < 1.29 is 22.8 Å². The van der Waals surface area contributed by atoms with Gasteiger partial charge in [-0.15, -0.1) is 0 Å². The van der Waals surface area contributed by atoms with Gasteiger partial charge in [-0.2, -0.15) is 4.31 Å². The van der Waals surface area contributed by atoms with Crippen molar-refractivity contribution in [1.29, 1.82) is 0 Å². The number of carbonyl (C=O) groups is 3. The number of carbonyl (C=O) groups excluding carboxylic acids is 3. The van der Waals surface area contributed by atoms with Gasteiger partial charge in [0.1, 0.15) is 0 Å². The van der Waals surface area contributed by atoms with E-state index in [-0.39, 0.29) is 41.6 Å². The molecule has 0 unspecified atom stereocenters. The minimum Gasteiger partial charge on any atom is -0.369 e. The number of sulfonamides is 1. The van der Waals surface area contributed by atoms with Crippen LogP contribution in [0.5, 0.6) is 0 Å². The van der Waals surface area contributed by atoms with Crippen LogP contribution in [0, 0.1) is 5.92 Å². The molecule has 2 N–H and O–H groups in total. The molecular formula is C19H26N4O5S. The normalized spacial score (nSPS) is 19.2. The number of likely N-dealkylation sites (tertiary alicyclic amines) is 1. The number of amides is 3. The van der Waals surface area contributed by atoms with Gasteiger partial charge in [-0.05, 0) is 31.0 Å². The Morgan fingerprint density at radius 2 is 1.59 bits per heavy atom. The summed E-state index contributed by atoms with van der Waals surface area (Å²) in [7, 11) is -3.75. The Balaban J connectivity index is 1.71. The minimum absolute atomic E-state index is 0.0617. The Bertz CT molecular complexity index is 901. The monoisotopic (exact) mass is 422 g/mol. The maximum absolute atomic E-state index is 13.0. The number of nitrogens with two attached hydrogens (primary N) is 1. The highest BCUT2D eigenvalue weighted by atomic mass is 32.2. The van der Waals surface area contributed by atoms with E-state index < -0.39 is 10.0 Å². The lowest BCUT2D eigenvalue weighted by Gasteiger charge is -2.33. The molecule has 29 heavy (non-hydrogen) atoms. The molecule has 0 saturated carbocycles. The Morgan fingerprint density at radius 1 is 0.966 bits per heavy atom. The van der Waals surface area contributed by atoms with Gasteiger partial charge in [-0.3, -0.25) is 14.4 Å². The number of benzene rings is 1. The smallest absolute Gasteiger partial charge is 0.253 e. The first-order valence-electron chi connectivity index (χ1n) is 9.64. The first-order valence-corrected chi connectivity index (χ1v) is 11.1. The minimum atomic E-state index is -3.75. The van der Waals surface area contributed by atoms with E-state index in [9.17, 15) is 22.8 Å². The molecule has 2 aliphatic heterocycles. The van der Waals surface area contributed by atoms with E-state index in [0.29, 0.717) is 44.6 Å². The summed E-state index contributed by atoms with van der Waals surface area (Å²) >= 11 is 0. The van der Waals surface area contributed by atoms with Crippen LogP contribution in [0.25, 0.3) is 0 Å². The summed E-state index contributed by atoms with van der Waals surface area (Å²) < 4.78 is 27.3. The van der Waals surface area contributed by atoms with Gasteiger partial charge in [0, 0.05) is 57.7 Å². The van der Waals surface area contributed by atoms with E-state index in [1.807, 2.05) is 0 Å². The highest BCUT2D eigenvalue weighted by Crippen LogP contribution is 2.22. The number of piperazine rings is 1. The lowest BCUT2D eigenvalue weighted by atomic mass is 9.96. The molecule has 2 heterocycles. The number of hydrogen-bond donors (Lipinski definition) is 1. The standard InChI is InChI=1S/C19H26N4O5S/c1-14(24)21-9-11-23(12-10-21)29(27,28)17-4-2-3-16(13-17)19(26)22-7-5-15(6-8-22)18(20)25/h2-4,13,15H,5-12H2,1H3,(H2,20,25). The van der Waals surface area contributed by atoms with Crippen molar-refractivity contribution in [1.82, 2.24) is 14.1 Å². The lowest BCUT2D eigenvalue weighted by Crippen LogP contribution is -2.49. The molecular weight excluding hydrogens is 396 g/mol. The molecule has 10 heteroatoms. The number of primary amides is 1. The van der Waals surface area contributed by atoms with Crippen molar-refractivity contribution in [3.63, 3.8) is 0 Å². The first kappa shape index (κ1) is 21.3. The van der Waals surface area contributed by atoms with E-state index >= 15 is 0 Å². The van der Waals surface area contributed by atoms with Crippen LogP contribution in [0.3, 0.4) is 0 Å². The maximum Gasteiger partial charge on any atom is 0.253 e. The van der Waals surface area contributed by atoms with Crippen molar-refractivity contribution in [2.24, 2.45) is 11.7 Å². The molecule has 3 rings (SSSR count). The summed E-state index contributed by atoms with van der Waals surface area (Å²) in [6, 6.07) is 6.02. The van der Waals surface area contributed by atoms with Gasteiger partial charge in [0.05, 0.1) is 4.90 Å². The zero-order chi connectivity index (χ0) is 21.2. The van der Waals surface area contributed by atoms with Crippen LogP contribution in [-0.2, 0) is 19.6 Å². The molecule has 0 bridgehead atoms. The third-order valence-corrected chi connectivity index (χ3v) is 7.48. The van der Waals surface area contributed by atoms with Crippen molar-refractivity contribution in [2.45, 2.75) is 24.7 Å². The first-order chi connectivity index (χ1) is 13.7. The van der Waals surface area contributed by atoms with Crippen molar-refractivity contribution in [3.05, 3.63) is 29.8 Å². The molecule has 3 amide bonds. The number of piperidine rings is 1. The molecule has 2 saturated heterocycles. The largest absolute Gasteiger partial charge is 0.369 e. The zero-order valence-electron chi connectivity index (χ0n) is 16.4. The van der Waals surface area contributed by atoms with Gasteiger partial charge in [0.2, 0.25) is 21.8 Å². The van der Waals surface area contributed by atoms with Gasteiger partial charge in [-0.25, -0.2) is 8.42 Å². The van der Waals surface area contributed by atoms with Crippen molar-refractivity contribution in [2.75, 3.05) is 39.3 Å². The van der Waals surface area contributed by atoms with Gasteiger partial charge in [0.15, 0.2) is 0 Å². The topological polar surface area (TPSA) is 121 Å². The van der Waals surface area contributed by atoms with Crippen molar-refractivity contribution in [3.8, 4) is 0 Å². The molecule has 1 aromatic carbocycles. The number of hydrogen-bond acceptors (Lipinski definition) is 5. The summed E-state index contributed by atoms with van der Waals surface area (Å²) in [4.78, 5) is 38.8. The van der Waals surface area contributed by atoms with Gasteiger partial charge >= 0.3 is 0 Å². The summed E-state index contributed by atoms with van der Waals surface area (Å²) in [6.07, 6.45) is 1.03. The quantitative estimate of drug-likeness (QED) is 0.725. The Hall–Kier alpha value is -2.46. The Labute approximate surface area is 170 Å². The maximum atomic E-state index is 13.0.